The molecule has 1 aromatic carbocycles. The molecule has 0 spiro atoms. The molecule has 0 aliphatic rings. The van der Waals surface area contributed by atoms with E-state index in [2.05, 4.69) is 4.72 Å². The Balaban J connectivity index is 2.72. The summed E-state index contributed by atoms with van der Waals surface area (Å²) >= 11 is 0. The second kappa shape index (κ2) is 7.73. The number of carbonyl (C=O) groups is 1. The zero-order valence-corrected chi connectivity index (χ0v) is 12.3. The lowest BCUT2D eigenvalue weighted by atomic mass is 10.2. The fraction of sp³-hybridized carbons (Fsp3) is 0.385. The molecule has 1 unspecified atom stereocenters. The van der Waals surface area contributed by atoms with Crippen molar-refractivity contribution in [3.63, 3.8) is 0 Å². The van der Waals surface area contributed by atoms with Crippen LogP contribution in [0.25, 0.3) is 0 Å². The fourth-order valence-corrected chi connectivity index (χ4v) is 2.66. The van der Waals surface area contributed by atoms with Crippen LogP contribution in [-0.4, -0.2) is 39.3 Å². The number of hydrogen-bond acceptors (Lipinski definition) is 5. The van der Waals surface area contributed by atoms with E-state index in [1.165, 1.54) is 19.2 Å². The highest BCUT2D eigenvalue weighted by atomic mass is 32.2. The van der Waals surface area contributed by atoms with Crippen LogP contribution in [0.15, 0.2) is 29.2 Å². The van der Waals surface area contributed by atoms with Crippen molar-refractivity contribution in [3.8, 4) is 6.07 Å². The number of benzene rings is 1. The lowest BCUT2D eigenvalue weighted by Gasteiger charge is -2.14. The molecule has 1 atom stereocenters. The maximum Gasteiger partial charge on any atom is 0.306 e. The van der Waals surface area contributed by atoms with Gasteiger partial charge in [0.25, 0.3) is 0 Å². The van der Waals surface area contributed by atoms with E-state index in [1.54, 1.807) is 12.1 Å². The van der Waals surface area contributed by atoms with Crippen molar-refractivity contribution in [3.05, 3.63) is 29.8 Å². The minimum absolute atomic E-state index is 0.0503. The molecule has 0 heterocycles. The summed E-state index contributed by atoms with van der Waals surface area (Å²) in [5.74, 6) is -1.07. The first kappa shape index (κ1) is 17.1. The summed E-state index contributed by atoms with van der Waals surface area (Å²) in [6, 6.07) is 7.88. The molecule has 0 fully saturated rings. The quantitative estimate of drug-likeness (QED) is 0.723. The standard InChI is InChI=1S/C13H16N2O5S/c1-20-11(8-13(16)17)9-15-21(18,19)12-4-2-10(3-5-12)6-7-14/h2-5,11,15H,6,8-9H2,1H3,(H,16,17). The third kappa shape index (κ3) is 5.51. The van der Waals surface area contributed by atoms with Gasteiger partial charge in [0.1, 0.15) is 0 Å². The molecule has 0 aromatic heterocycles. The van der Waals surface area contributed by atoms with Gasteiger partial charge in [-0.2, -0.15) is 5.26 Å². The first-order chi connectivity index (χ1) is 9.89. The Bertz CT molecular complexity index is 619. The Morgan fingerprint density at radius 3 is 2.52 bits per heavy atom. The van der Waals surface area contributed by atoms with Crippen molar-refractivity contribution in [2.45, 2.75) is 23.8 Å². The summed E-state index contributed by atoms with van der Waals surface area (Å²) in [7, 11) is -2.42. The number of methoxy groups -OCH3 is 1. The van der Waals surface area contributed by atoms with Gasteiger partial charge in [0.15, 0.2) is 0 Å². The molecule has 1 rings (SSSR count). The number of nitrogens with one attached hydrogen (secondary N) is 1. The van der Waals surface area contributed by atoms with E-state index in [4.69, 9.17) is 15.1 Å². The van der Waals surface area contributed by atoms with Crippen LogP contribution in [0, 0.1) is 11.3 Å². The lowest BCUT2D eigenvalue weighted by molar-refractivity contribution is -0.139. The maximum atomic E-state index is 12.0. The number of ether oxygens (including phenoxy) is 1. The maximum absolute atomic E-state index is 12.0. The number of nitriles is 1. The molecule has 0 bridgehead atoms. The van der Waals surface area contributed by atoms with Crippen molar-refractivity contribution in [1.29, 1.82) is 5.26 Å². The van der Waals surface area contributed by atoms with Crippen molar-refractivity contribution in [1.82, 2.24) is 4.72 Å². The second-order valence-electron chi connectivity index (χ2n) is 4.29. The van der Waals surface area contributed by atoms with E-state index >= 15 is 0 Å². The predicted octanol–water partition coefficient (Wildman–Crippen LogP) is 0.521. The third-order valence-corrected chi connectivity index (χ3v) is 4.19. The molecule has 114 valence electrons. The second-order valence-corrected chi connectivity index (χ2v) is 6.05. The fourth-order valence-electron chi connectivity index (χ4n) is 1.60. The van der Waals surface area contributed by atoms with Gasteiger partial charge >= 0.3 is 5.97 Å². The van der Waals surface area contributed by atoms with Crippen molar-refractivity contribution in [2.75, 3.05) is 13.7 Å². The van der Waals surface area contributed by atoms with Gasteiger partial charge in [0, 0.05) is 13.7 Å². The Morgan fingerprint density at radius 2 is 2.05 bits per heavy atom. The first-order valence-electron chi connectivity index (χ1n) is 6.09. The van der Waals surface area contributed by atoms with Gasteiger partial charge in [-0.05, 0) is 17.7 Å². The zero-order chi connectivity index (χ0) is 15.9. The van der Waals surface area contributed by atoms with Crippen LogP contribution in [0.4, 0.5) is 0 Å². The highest BCUT2D eigenvalue weighted by molar-refractivity contribution is 7.89. The van der Waals surface area contributed by atoms with Crippen LogP contribution in [0.2, 0.25) is 0 Å². The summed E-state index contributed by atoms with van der Waals surface area (Å²) in [5.41, 5.74) is 0.720. The van der Waals surface area contributed by atoms with Gasteiger partial charge in [-0.3, -0.25) is 4.79 Å². The van der Waals surface area contributed by atoms with E-state index in [9.17, 15) is 13.2 Å². The normalized spacial score (nSPS) is 12.6. The number of carboxylic acids is 1. The van der Waals surface area contributed by atoms with Gasteiger partial charge in [-0.15, -0.1) is 0 Å². The van der Waals surface area contributed by atoms with Gasteiger partial charge in [0.05, 0.1) is 29.9 Å². The molecule has 7 nitrogen and oxygen atoms in total. The lowest BCUT2D eigenvalue weighted by Crippen LogP contribution is -2.34. The number of nitrogens with zero attached hydrogens (tertiary/aromatic N) is 1. The first-order valence-corrected chi connectivity index (χ1v) is 7.57. The Labute approximate surface area is 123 Å². The van der Waals surface area contributed by atoms with Gasteiger partial charge in [0.2, 0.25) is 10.0 Å². The van der Waals surface area contributed by atoms with E-state index in [0.29, 0.717) is 0 Å². The molecule has 0 aliphatic carbocycles. The van der Waals surface area contributed by atoms with E-state index < -0.39 is 22.1 Å². The summed E-state index contributed by atoms with van der Waals surface area (Å²) in [5, 5.41) is 17.2. The molecule has 2 N–H and O–H groups in total. The molecular formula is C13H16N2O5S. The molecule has 1 aromatic rings. The number of aliphatic carboxylic acids is 1. The number of hydrogen-bond donors (Lipinski definition) is 2. The molecule has 21 heavy (non-hydrogen) atoms. The van der Waals surface area contributed by atoms with Crippen LogP contribution in [0.1, 0.15) is 12.0 Å². The third-order valence-electron chi connectivity index (χ3n) is 2.75. The van der Waals surface area contributed by atoms with Gasteiger partial charge in [-0.1, -0.05) is 12.1 Å². The van der Waals surface area contributed by atoms with E-state index in [-0.39, 0.29) is 24.3 Å². The van der Waals surface area contributed by atoms with Crippen LogP contribution < -0.4 is 4.72 Å². The Morgan fingerprint density at radius 1 is 1.43 bits per heavy atom. The largest absolute Gasteiger partial charge is 0.481 e. The van der Waals surface area contributed by atoms with Crippen molar-refractivity contribution in [2.24, 2.45) is 0 Å². The van der Waals surface area contributed by atoms with E-state index in [1.807, 2.05) is 6.07 Å². The van der Waals surface area contributed by atoms with Crippen LogP contribution in [0.5, 0.6) is 0 Å². The topological polar surface area (TPSA) is 116 Å². The van der Waals surface area contributed by atoms with Gasteiger partial charge < -0.3 is 9.84 Å². The zero-order valence-electron chi connectivity index (χ0n) is 11.4. The monoisotopic (exact) mass is 312 g/mol. The average molecular weight is 312 g/mol. The van der Waals surface area contributed by atoms with Crippen LogP contribution in [-0.2, 0) is 26.0 Å². The minimum Gasteiger partial charge on any atom is -0.481 e. The molecule has 0 saturated heterocycles. The highest BCUT2D eigenvalue weighted by Crippen LogP contribution is 2.11. The predicted molar refractivity (Wildman–Crippen MR) is 74.0 cm³/mol. The molecule has 0 aliphatic heterocycles. The molecule has 8 heteroatoms. The summed E-state index contributed by atoms with van der Waals surface area (Å²) in [6.45, 7) is -0.134. The van der Waals surface area contributed by atoms with Crippen LogP contribution in [0.3, 0.4) is 0 Å². The SMILES string of the molecule is COC(CNS(=O)(=O)c1ccc(CC#N)cc1)CC(=O)O. The summed E-state index contributed by atoms with van der Waals surface area (Å²) in [6.07, 6.45) is -0.826. The molecule has 0 radical (unpaired) electrons. The summed E-state index contributed by atoms with van der Waals surface area (Å²) < 4.78 is 31.3. The van der Waals surface area contributed by atoms with Crippen LogP contribution >= 0.6 is 0 Å². The molecular weight excluding hydrogens is 296 g/mol. The smallest absolute Gasteiger partial charge is 0.306 e. The highest BCUT2D eigenvalue weighted by Gasteiger charge is 2.18. The van der Waals surface area contributed by atoms with Crippen molar-refractivity contribution >= 4 is 16.0 Å². The molecule has 0 amide bonds. The Hall–Kier alpha value is -1.95. The Kier molecular flexibility index (Phi) is 6.30. The number of sulfonamides is 1. The summed E-state index contributed by atoms with van der Waals surface area (Å²) in [4.78, 5) is 10.6. The average Bonchev–Trinajstić information content (AvgIpc) is 2.44. The minimum atomic E-state index is -3.74. The molecule has 0 saturated carbocycles. The number of rotatable bonds is 8. The van der Waals surface area contributed by atoms with E-state index in [0.717, 1.165) is 5.56 Å². The van der Waals surface area contributed by atoms with Gasteiger partial charge in [-0.25, -0.2) is 13.1 Å². The number of carboxylic acid groups (broad SMARTS) is 1. The van der Waals surface area contributed by atoms with Crippen molar-refractivity contribution < 1.29 is 23.1 Å².